The van der Waals surface area contributed by atoms with E-state index in [1.165, 1.54) is 41.1 Å². The summed E-state index contributed by atoms with van der Waals surface area (Å²) in [5.74, 6) is -1.24. The van der Waals surface area contributed by atoms with Crippen molar-refractivity contribution in [2.75, 3.05) is 11.9 Å². The lowest BCUT2D eigenvalue weighted by molar-refractivity contribution is -0.255. The van der Waals surface area contributed by atoms with Gasteiger partial charge in [0.1, 0.15) is 10.1 Å². The molecule has 144 valence electrons. The largest absolute Gasteiger partial charge is 0.545 e. The topological polar surface area (TPSA) is 103 Å². The summed E-state index contributed by atoms with van der Waals surface area (Å²) in [4.78, 5) is 37.3. The molecule has 0 unspecified atom stereocenters. The van der Waals surface area contributed by atoms with Gasteiger partial charge in [-0.05, 0) is 36.2 Å². The van der Waals surface area contributed by atoms with Crippen LogP contribution in [0.5, 0.6) is 0 Å². The molecule has 1 aromatic carbocycles. The first-order valence-electron chi connectivity index (χ1n) is 8.34. The van der Waals surface area contributed by atoms with E-state index in [0.717, 1.165) is 0 Å². The number of nitrogens with zero attached hydrogens (tertiary/aromatic N) is 1. The maximum atomic E-state index is 12.5. The van der Waals surface area contributed by atoms with Crippen LogP contribution < -0.4 is 10.4 Å². The molecule has 1 aromatic heterocycles. The molecule has 1 aliphatic rings. The molecule has 2 aromatic rings. The third-order valence-electron chi connectivity index (χ3n) is 3.86. The van der Waals surface area contributed by atoms with Gasteiger partial charge in [0.25, 0.3) is 5.91 Å². The van der Waals surface area contributed by atoms with Crippen molar-refractivity contribution in [1.82, 2.24) is 4.90 Å². The second kappa shape index (κ2) is 8.85. The Kier molecular flexibility index (Phi) is 6.27. The van der Waals surface area contributed by atoms with Gasteiger partial charge in [-0.15, -0.1) is 0 Å². The minimum Gasteiger partial charge on any atom is -0.545 e. The molecular formula is C19H15N2O5S2-. The number of amides is 2. The zero-order chi connectivity index (χ0) is 20.1. The Morgan fingerprint density at radius 3 is 2.82 bits per heavy atom. The molecule has 2 amide bonds. The average molecular weight is 415 g/mol. The number of thiocarbonyl (C=S) groups is 1. The fraction of sp³-hybridized carbons (Fsp3) is 0.158. The molecule has 0 radical (unpaired) electrons. The van der Waals surface area contributed by atoms with Crippen molar-refractivity contribution >= 4 is 57.8 Å². The Morgan fingerprint density at radius 1 is 1.29 bits per heavy atom. The van der Waals surface area contributed by atoms with Crippen molar-refractivity contribution in [3.8, 4) is 0 Å². The lowest BCUT2D eigenvalue weighted by Crippen LogP contribution is -2.29. The normalized spacial score (nSPS) is 15.3. The van der Waals surface area contributed by atoms with Gasteiger partial charge in [0.15, 0.2) is 0 Å². The van der Waals surface area contributed by atoms with E-state index in [4.69, 9.17) is 16.6 Å². The molecule has 0 saturated carbocycles. The van der Waals surface area contributed by atoms with Gasteiger partial charge < -0.3 is 19.6 Å². The Bertz CT molecular complexity index is 953. The summed E-state index contributed by atoms with van der Waals surface area (Å²) in [6.45, 7) is 0.312. The van der Waals surface area contributed by atoms with Gasteiger partial charge in [0.2, 0.25) is 5.91 Å². The summed E-state index contributed by atoms with van der Waals surface area (Å²) in [5.41, 5.74) is 0.359. The molecule has 3 rings (SSSR count). The highest BCUT2D eigenvalue weighted by molar-refractivity contribution is 8.26. The minimum absolute atomic E-state index is 0.0151. The van der Waals surface area contributed by atoms with E-state index in [2.05, 4.69) is 5.32 Å². The van der Waals surface area contributed by atoms with Crippen LogP contribution in [-0.2, 0) is 9.59 Å². The minimum atomic E-state index is -1.31. The van der Waals surface area contributed by atoms with Gasteiger partial charge in [0, 0.05) is 24.7 Å². The van der Waals surface area contributed by atoms with Gasteiger partial charge in [-0.25, -0.2) is 0 Å². The van der Waals surface area contributed by atoms with Crippen LogP contribution in [0.25, 0.3) is 6.08 Å². The molecule has 0 spiro atoms. The number of thioether (sulfide) groups is 1. The Balaban J connectivity index is 1.51. The van der Waals surface area contributed by atoms with Gasteiger partial charge in [0.05, 0.1) is 17.1 Å². The first kappa shape index (κ1) is 19.8. The lowest BCUT2D eigenvalue weighted by Gasteiger charge is -2.14. The maximum absolute atomic E-state index is 12.5. The Hall–Kier alpha value is -2.91. The van der Waals surface area contributed by atoms with Crippen LogP contribution in [0.4, 0.5) is 5.69 Å². The number of aromatic carboxylic acids is 1. The first-order chi connectivity index (χ1) is 13.4. The predicted molar refractivity (Wildman–Crippen MR) is 107 cm³/mol. The van der Waals surface area contributed by atoms with Gasteiger partial charge in [-0.3, -0.25) is 14.5 Å². The molecule has 9 heteroatoms. The number of carbonyl (C=O) groups excluding carboxylic acids is 3. The van der Waals surface area contributed by atoms with Gasteiger partial charge in [-0.1, -0.05) is 36.1 Å². The number of furan rings is 1. The van der Waals surface area contributed by atoms with Crippen LogP contribution in [0.15, 0.2) is 52.0 Å². The molecule has 0 atom stereocenters. The third-order valence-corrected chi connectivity index (χ3v) is 5.24. The predicted octanol–water partition coefficient (Wildman–Crippen LogP) is 2.26. The maximum Gasteiger partial charge on any atom is 0.266 e. The van der Waals surface area contributed by atoms with Crippen molar-refractivity contribution in [3.63, 3.8) is 0 Å². The van der Waals surface area contributed by atoms with Crippen LogP contribution >= 0.6 is 24.0 Å². The van der Waals surface area contributed by atoms with Crippen molar-refractivity contribution in [2.45, 2.75) is 12.8 Å². The van der Waals surface area contributed by atoms with E-state index in [1.807, 2.05) is 0 Å². The molecule has 1 N–H and O–H groups in total. The highest BCUT2D eigenvalue weighted by atomic mass is 32.2. The van der Waals surface area contributed by atoms with Crippen LogP contribution in [0.3, 0.4) is 0 Å². The van der Waals surface area contributed by atoms with E-state index < -0.39 is 5.97 Å². The summed E-state index contributed by atoms with van der Waals surface area (Å²) in [7, 11) is 0. The quantitative estimate of drug-likeness (QED) is 0.547. The monoisotopic (exact) mass is 415 g/mol. The highest BCUT2D eigenvalue weighted by Crippen LogP contribution is 2.32. The first-order valence-corrected chi connectivity index (χ1v) is 9.56. The van der Waals surface area contributed by atoms with Crippen molar-refractivity contribution in [3.05, 3.63) is 58.9 Å². The van der Waals surface area contributed by atoms with E-state index >= 15 is 0 Å². The van der Waals surface area contributed by atoms with Crippen LogP contribution in [-0.4, -0.2) is 33.5 Å². The van der Waals surface area contributed by atoms with Crippen molar-refractivity contribution in [1.29, 1.82) is 0 Å². The Labute approximate surface area is 170 Å². The second-order valence-corrected chi connectivity index (χ2v) is 7.54. The van der Waals surface area contributed by atoms with Gasteiger partial charge in [-0.2, -0.15) is 0 Å². The molecule has 1 saturated heterocycles. The SMILES string of the molecule is O=C(CCCN1C(=O)/C(=C\c2ccco2)SC1=S)Nc1cccc(C(=O)[O-])c1. The van der Waals surface area contributed by atoms with Crippen molar-refractivity contribution in [2.24, 2.45) is 0 Å². The highest BCUT2D eigenvalue weighted by Gasteiger charge is 2.31. The lowest BCUT2D eigenvalue weighted by atomic mass is 10.2. The van der Waals surface area contributed by atoms with Crippen LogP contribution in [0, 0.1) is 0 Å². The standard InChI is InChI=1S/C19H16N2O5S2/c22-16(20-13-5-1-4-12(10-13)18(24)25)7-2-8-21-17(23)15(28-19(21)27)11-14-6-3-9-26-14/h1,3-6,9-11H,2,7-8H2,(H,20,22)(H,24,25)/p-1/b15-11+. The smallest absolute Gasteiger partial charge is 0.266 e. The van der Waals surface area contributed by atoms with E-state index in [0.29, 0.717) is 33.6 Å². The number of carbonyl (C=O) groups is 3. The third kappa shape index (κ3) is 4.87. The van der Waals surface area contributed by atoms with Crippen molar-refractivity contribution < 1.29 is 23.9 Å². The molecule has 7 nitrogen and oxygen atoms in total. The van der Waals surface area contributed by atoms with E-state index in [-0.39, 0.29) is 23.8 Å². The molecule has 1 fully saturated rings. The van der Waals surface area contributed by atoms with E-state index in [9.17, 15) is 19.5 Å². The van der Waals surface area contributed by atoms with Crippen LogP contribution in [0.2, 0.25) is 0 Å². The number of carboxylic acids is 1. The molecule has 0 bridgehead atoms. The number of rotatable bonds is 7. The fourth-order valence-corrected chi connectivity index (χ4v) is 3.83. The number of carboxylic acid groups (broad SMARTS) is 1. The number of benzene rings is 1. The summed E-state index contributed by atoms with van der Waals surface area (Å²) in [6.07, 6.45) is 3.72. The Morgan fingerprint density at radius 2 is 2.11 bits per heavy atom. The van der Waals surface area contributed by atoms with E-state index in [1.54, 1.807) is 24.3 Å². The number of hydrogen-bond acceptors (Lipinski definition) is 7. The van der Waals surface area contributed by atoms with Crippen LogP contribution in [0.1, 0.15) is 29.0 Å². The molecule has 28 heavy (non-hydrogen) atoms. The average Bonchev–Trinajstić information content (AvgIpc) is 3.25. The summed E-state index contributed by atoms with van der Waals surface area (Å²) in [5, 5.41) is 13.5. The second-order valence-electron chi connectivity index (χ2n) is 5.87. The molecule has 2 heterocycles. The molecule has 1 aliphatic heterocycles. The summed E-state index contributed by atoms with van der Waals surface area (Å²) < 4.78 is 5.64. The summed E-state index contributed by atoms with van der Waals surface area (Å²) in [6, 6.07) is 9.29. The fourth-order valence-electron chi connectivity index (χ4n) is 2.54. The zero-order valence-corrected chi connectivity index (χ0v) is 16.2. The number of nitrogens with one attached hydrogen (secondary N) is 1. The number of hydrogen-bond donors (Lipinski definition) is 1. The molecule has 0 aliphatic carbocycles. The zero-order valence-electron chi connectivity index (χ0n) is 14.5. The molecular weight excluding hydrogens is 400 g/mol. The summed E-state index contributed by atoms with van der Waals surface area (Å²) >= 11 is 6.44. The number of anilines is 1. The van der Waals surface area contributed by atoms with Gasteiger partial charge >= 0.3 is 0 Å².